The summed E-state index contributed by atoms with van der Waals surface area (Å²) in [6, 6.07) is 10.1. The minimum atomic E-state index is 0.237. The second-order valence-electron chi connectivity index (χ2n) is 2.80. The average molecular weight is 249 g/mol. The predicted octanol–water partition coefficient (Wildman–Crippen LogP) is 2.14. The third-order valence-electron chi connectivity index (χ3n) is 1.33. The molecule has 12 heavy (non-hydrogen) atoms. The van der Waals surface area contributed by atoms with Gasteiger partial charge in [-0.25, -0.2) is 0 Å². The van der Waals surface area contributed by atoms with Crippen molar-refractivity contribution in [2.45, 2.75) is 20.0 Å². The third-order valence-corrected chi connectivity index (χ3v) is 2.04. The normalized spacial score (nSPS) is 10.3. The SMILES string of the molecule is CC(C)O[C](=[Ru])c1ccccc1. The Morgan fingerprint density at radius 1 is 1.25 bits per heavy atom. The molecule has 0 aliphatic carbocycles. The van der Waals surface area contributed by atoms with Crippen molar-refractivity contribution in [1.82, 2.24) is 0 Å². The Hall–Kier alpha value is -0.327. The summed E-state index contributed by atoms with van der Waals surface area (Å²) >= 11 is 2.51. The molecule has 1 aromatic rings. The molecule has 0 heterocycles. The van der Waals surface area contributed by atoms with E-state index in [2.05, 4.69) is 17.9 Å². The molecular weight excluding hydrogens is 237 g/mol. The fraction of sp³-hybridized carbons (Fsp3) is 0.300. The summed E-state index contributed by atoms with van der Waals surface area (Å²) < 4.78 is 6.44. The third kappa shape index (κ3) is 2.96. The van der Waals surface area contributed by atoms with Crippen LogP contribution in [0, 0.1) is 0 Å². The van der Waals surface area contributed by atoms with E-state index < -0.39 is 0 Å². The second-order valence-corrected chi connectivity index (χ2v) is 3.58. The van der Waals surface area contributed by atoms with Gasteiger partial charge in [0, 0.05) is 0 Å². The predicted molar refractivity (Wildman–Crippen MR) is 46.8 cm³/mol. The molecule has 0 radical (unpaired) electrons. The van der Waals surface area contributed by atoms with E-state index >= 15 is 0 Å². The van der Waals surface area contributed by atoms with Crippen molar-refractivity contribution < 1.29 is 22.6 Å². The molecule has 1 nitrogen and oxygen atoms in total. The van der Waals surface area contributed by atoms with Gasteiger partial charge >= 0.3 is 82.7 Å². The molecule has 0 bridgehead atoms. The van der Waals surface area contributed by atoms with Gasteiger partial charge in [0.25, 0.3) is 0 Å². The molecule has 0 aromatic heterocycles. The van der Waals surface area contributed by atoms with Crippen molar-refractivity contribution in [1.29, 1.82) is 0 Å². The molecule has 0 saturated carbocycles. The van der Waals surface area contributed by atoms with Crippen molar-refractivity contribution in [3.63, 3.8) is 0 Å². The minimum absolute atomic E-state index is 0.237. The van der Waals surface area contributed by atoms with Crippen LogP contribution in [0.1, 0.15) is 19.4 Å². The van der Waals surface area contributed by atoms with Crippen LogP contribution in [0.3, 0.4) is 0 Å². The summed E-state index contributed by atoms with van der Waals surface area (Å²) in [4.78, 5) is 0. The molecule has 0 aliphatic heterocycles. The Morgan fingerprint density at radius 3 is 2.33 bits per heavy atom. The maximum atomic E-state index is 5.52. The molecular formula is C10H12ORu. The Balaban J connectivity index is 2.66. The van der Waals surface area contributed by atoms with Crippen LogP contribution in [0.2, 0.25) is 0 Å². The zero-order valence-electron chi connectivity index (χ0n) is 7.23. The summed E-state index contributed by atoms with van der Waals surface area (Å²) in [5, 5.41) is 0. The number of ether oxygens (including phenoxy) is 1. The average Bonchev–Trinajstić information content (AvgIpc) is 2.05. The van der Waals surface area contributed by atoms with Crippen molar-refractivity contribution in [3.8, 4) is 0 Å². The van der Waals surface area contributed by atoms with E-state index in [1.165, 1.54) is 0 Å². The molecule has 0 aliphatic rings. The van der Waals surface area contributed by atoms with Crippen LogP contribution in [0.25, 0.3) is 0 Å². The van der Waals surface area contributed by atoms with Gasteiger partial charge in [0.1, 0.15) is 0 Å². The van der Waals surface area contributed by atoms with Crippen LogP contribution < -0.4 is 0 Å². The number of benzene rings is 1. The quantitative estimate of drug-likeness (QED) is 0.746. The van der Waals surface area contributed by atoms with Gasteiger partial charge in [-0.2, -0.15) is 0 Å². The molecule has 66 valence electrons. The Morgan fingerprint density at radius 2 is 1.83 bits per heavy atom. The van der Waals surface area contributed by atoms with Crippen LogP contribution in [0.15, 0.2) is 30.3 Å². The molecule has 1 aromatic carbocycles. The zero-order valence-corrected chi connectivity index (χ0v) is 8.96. The topological polar surface area (TPSA) is 9.23 Å². The molecule has 0 fully saturated rings. The van der Waals surface area contributed by atoms with Crippen LogP contribution in [0.4, 0.5) is 0 Å². The fourth-order valence-corrected chi connectivity index (χ4v) is 1.53. The van der Waals surface area contributed by atoms with Gasteiger partial charge in [0.2, 0.25) is 0 Å². The van der Waals surface area contributed by atoms with Gasteiger partial charge in [-0.15, -0.1) is 0 Å². The number of rotatable bonds is 3. The zero-order chi connectivity index (χ0) is 8.97. The van der Waals surface area contributed by atoms with Crippen LogP contribution >= 0.6 is 0 Å². The van der Waals surface area contributed by atoms with E-state index in [1.807, 2.05) is 44.2 Å². The maximum absolute atomic E-state index is 5.52. The van der Waals surface area contributed by atoms with Crippen molar-refractivity contribution in [2.75, 3.05) is 0 Å². The molecule has 2 heteroatoms. The van der Waals surface area contributed by atoms with Gasteiger partial charge < -0.3 is 0 Å². The van der Waals surface area contributed by atoms with Gasteiger partial charge in [-0.3, -0.25) is 0 Å². The van der Waals surface area contributed by atoms with Gasteiger partial charge in [-0.05, 0) is 0 Å². The first-order chi connectivity index (χ1) is 5.70. The monoisotopic (exact) mass is 250 g/mol. The molecule has 0 atom stereocenters. The first-order valence-electron chi connectivity index (χ1n) is 3.93. The summed E-state index contributed by atoms with van der Waals surface area (Å²) in [5.74, 6) is 0. The van der Waals surface area contributed by atoms with Gasteiger partial charge in [0.05, 0.1) is 0 Å². The molecule has 1 rings (SSSR count). The summed E-state index contributed by atoms with van der Waals surface area (Å²) in [5.41, 5.74) is 1.13. The second kappa shape index (κ2) is 4.64. The fourth-order valence-electron chi connectivity index (χ4n) is 0.834. The van der Waals surface area contributed by atoms with Crippen molar-refractivity contribution in [3.05, 3.63) is 35.9 Å². The van der Waals surface area contributed by atoms with E-state index in [9.17, 15) is 0 Å². The molecule has 0 saturated heterocycles. The standard InChI is InChI=1S/C10H12O.Ru/c1-9(2)11-8-10-6-4-3-5-7-10;/h3-7,9H,1-2H3;. The van der Waals surface area contributed by atoms with Gasteiger partial charge in [0.15, 0.2) is 0 Å². The molecule has 0 spiro atoms. The first kappa shape index (κ1) is 9.76. The Bertz CT molecular complexity index is 254. The van der Waals surface area contributed by atoms with E-state index in [0.29, 0.717) is 0 Å². The van der Waals surface area contributed by atoms with Crippen molar-refractivity contribution in [2.24, 2.45) is 0 Å². The van der Waals surface area contributed by atoms with E-state index in [-0.39, 0.29) is 6.10 Å². The van der Waals surface area contributed by atoms with E-state index in [4.69, 9.17) is 4.74 Å². The number of hydrogen-bond acceptors (Lipinski definition) is 1. The number of hydrogen-bond donors (Lipinski definition) is 0. The molecule has 0 N–H and O–H groups in total. The van der Waals surface area contributed by atoms with Crippen LogP contribution in [-0.4, -0.2) is 10.4 Å². The Kier molecular flexibility index (Phi) is 3.77. The van der Waals surface area contributed by atoms with Crippen LogP contribution in [-0.2, 0) is 22.6 Å². The summed E-state index contributed by atoms with van der Waals surface area (Å²) in [7, 11) is 0. The Labute approximate surface area is 82.9 Å². The van der Waals surface area contributed by atoms with E-state index in [0.717, 1.165) is 9.86 Å². The molecule has 0 unspecified atom stereocenters. The first-order valence-corrected chi connectivity index (χ1v) is 4.80. The summed E-state index contributed by atoms with van der Waals surface area (Å²) in [6.07, 6.45) is 0.237. The molecule has 0 amide bonds. The van der Waals surface area contributed by atoms with E-state index in [1.54, 1.807) is 0 Å². The van der Waals surface area contributed by atoms with Crippen molar-refractivity contribution >= 4 is 4.29 Å². The van der Waals surface area contributed by atoms with Gasteiger partial charge in [-0.1, -0.05) is 0 Å². The summed E-state index contributed by atoms with van der Waals surface area (Å²) in [6.45, 7) is 4.05. The van der Waals surface area contributed by atoms with Crippen LogP contribution in [0.5, 0.6) is 0 Å².